The summed E-state index contributed by atoms with van der Waals surface area (Å²) in [7, 11) is 3.50. The second-order valence-electron chi connectivity index (χ2n) is 5.71. The molecule has 0 aliphatic rings. The van der Waals surface area contributed by atoms with Crippen LogP contribution in [0.2, 0.25) is 0 Å². The Bertz CT molecular complexity index is 701. The van der Waals surface area contributed by atoms with Crippen LogP contribution >= 0.6 is 0 Å². The SMILES string of the molecule is COc1ccc(C(CO)N(C)Cc2cccc([N+](=O)[O-])c2C)cc1. The van der Waals surface area contributed by atoms with Gasteiger partial charge in [0, 0.05) is 18.2 Å². The van der Waals surface area contributed by atoms with Gasteiger partial charge in [0.1, 0.15) is 5.75 Å². The van der Waals surface area contributed by atoms with Crippen LogP contribution in [0, 0.1) is 17.0 Å². The van der Waals surface area contributed by atoms with E-state index in [1.54, 1.807) is 20.1 Å². The minimum Gasteiger partial charge on any atom is -0.497 e. The van der Waals surface area contributed by atoms with E-state index in [0.717, 1.165) is 16.9 Å². The number of nitro groups is 1. The van der Waals surface area contributed by atoms with E-state index in [-0.39, 0.29) is 23.3 Å². The van der Waals surface area contributed by atoms with E-state index in [9.17, 15) is 15.2 Å². The maximum absolute atomic E-state index is 11.1. The van der Waals surface area contributed by atoms with Crippen LogP contribution in [-0.2, 0) is 6.54 Å². The lowest BCUT2D eigenvalue weighted by Gasteiger charge is -2.27. The van der Waals surface area contributed by atoms with Crippen molar-refractivity contribution < 1.29 is 14.8 Å². The van der Waals surface area contributed by atoms with E-state index in [2.05, 4.69) is 0 Å². The summed E-state index contributed by atoms with van der Waals surface area (Å²) in [5.74, 6) is 0.757. The molecule has 2 rings (SSSR count). The van der Waals surface area contributed by atoms with E-state index < -0.39 is 0 Å². The quantitative estimate of drug-likeness (QED) is 0.624. The Morgan fingerprint density at radius 3 is 2.46 bits per heavy atom. The molecule has 0 spiro atoms. The first-order chi connectivity index (χ1) is 11.5. The Morgan fingerprint density at radius 1 is 1.25 bits per heavy atom. The van der Waals surface area contributed by atoms with Crippen LogP contribution in [-0.4, -0.2) is 35.7 Å². The molecule has 1 atom stereocenters. The molecule has 0 fully saturated rings. The highest BCUT2D eigenvalue weighted by molar-refractivity contribution is 5.44. The predicted octanol–water partition coefficient (Wildman–Crippen LogP) is 3.08. The molecule has 0 aliphatic heterocycles. The average molecular weight is 330 g/mol. The van der Waals surface area contributed by atoms with Crippen molar-refractivity contribution in [2.45, 2.75) is 19.5 Å². The normalized spacial score (nSPS) is 12.2. The minimum absolute atomic E-state index is 0.0448. The number of aliphatic hydroxyl groups excluding tert-OH is 1. The molecule has 0 aliphatic carbocycles. The second kappa shape index (κ2) is 7.90. The zero-order valence-electron chi connectivity index (χ0n) is 14.1. The summed E-state index contributed by atoms with van der Waals surface area (Å²) in [6.45, 7) is 2.21. The maximum Gasteiger partial charge on any atom is 0.272 e. The van der Waals surface area contributed by atoms with Crippen molar-refractivity contribution in [1.82, 2.24) is 4.90 Å². The van der Waals surface area contributed by atoms with Crippen molar-refractivity contribution in [1.29, 1.82) is 0 Å². The lowest BCUT2D eigenvalue weighted by molar-refractivity contribution is -0.385. The molecule has 24 heavy (non-hydrogen) atoms. The monoisotopic (exact) mass is 330 g/mol. The highest BCUT2D eigenvalue weighted by atomic mass is 16.6. The summed E-state index contributed by atoms with van der Waals surface area (Å²) in [5, 5.41) is 20.9. The van der Waals surface area contributed by atoms with E-state index in [0.29, 0.717) is 12.1 Å². The molecule has 1 N–H and O–H groups in total. The summed E-state index contributed by atoms with van der Waals surface area (Å²) >= 11 is 0. The van der Waals surface area contributed by atoms with Crippen molar-refractivity contribution in [2.75, 3.05) is 20.8 Å². The summed E-state index contributed by atoms with van der Waals surface area (Å²) in [6.07, 6.45) is 0. The Kier molecular flexibility index (Phi) is 5.89. The van der Waals surface area contributed by atoms with Crippen LogP contribution in [0.25, 0.3) is 0 Å². The predicted molar refractivity (Wildman–Crippen MR) is 92.1 cm³/mol. The first-order valence-electron chi connectivity index (χ1n) is 7.65. The third-order valence-corrected chi connectivity index (χ3v) is 4.24. The van der Waals surface area contributed by atoms with Crippen LogP contribution < -0.4 is 4.74 Å². The second-order valence-corrected chi connectivity index (χ2v) is 5.71. The highest BCUT2D eigenvalue weighted by Gasteiger charge is 2.19. The number of rotatable bonds is 7. The van der Waals surface area contributed by atoms with Gasteiger partial charge in [0.05, 0.1) is 24.7 Å². The first kappa shape index (κ1) is 17.9. The Balaban J connectivity index is 2.21. The van der Waals surface area contributed by atoms with Crippen LogP contribution in [0.1, 0.15) is 22.7 Å². The van der Waals surface area contributed by atoms with Crippen molar-refractivity contribution in [3.05, 3.63) is 69.3 Å². The summed E-state index contributed by atoms with van der Waals surface area (Å²) in [4.78, 5) is 12.7. The summed E-state index contributed by atoms with van der Waals surface area (Å²) < 4.78 is 5.15. The van der Waals surface area contributed by atoms with Gasteiger partial charge in [-0.2, -0.15) is 0 Å². The number of hydrogen-bond acceptors (Lipinski definition) is 5. The third kappa shape index (κ3) is 3.90. The van der Waals surface area contributed by atoms with Gasteiger partial charge in [-0.25, -0.2) is 0 Å². The number of methoxy groups -OCH3 is 1. The van der Waals surface area contributed by atoms with Gasteiger partial charge in [0.25, 0.3) is 5.69 Å². The van der Waals surface area contributed by atoms with Crippen LogP contribution in [0.3, 0.4) is 0 Å². The number of nitrogens with zero attached hydrogens (tertiary/aromatic N) is 2. The average Bonchev–Trinajstić information content (AvgIpc) is 2.57. The van der Waals surface area contributed by atoms with Gasteiger partial charge in [0.15, 0.2) is 0 Å². The molecule has 0 heterocycles. The highest BCUT2D eigenvalue weighted by Crippen LogP contribution is 2.26. The molecule has 0 saturated heterocycles. The van der Waals surface area contributed by atoms with Crippen LogP contribution in [0.15, 0.2) is 42.5 Å². The number of benzene rings is 2. The van der Waals surface area contributed by atoms with Crippen molar-refractivity contribution in [3.8, 4) is 5.75 Å². The number of ether oxygens (including phenoxy) is 1. The third-order valence-electron chi connectivity index (χ3n) is 4.24. The summed E-state index contributed by atoms with van der Waals surface area (Å²) in [5.41, 5.74) is 2.61. The molecule has 2 aromatic rings. The first-order valence-corrected chi connectivity index (χ1v) is 7.65. The Labute approximate surface area is 141 Å². The lowest BCUT2D eigenvalue weighted by Crippen LogP contribution is -2.27. The standard InChI is InChI=1S/C18H22N2O4/c1-13-15(5-4-6-17(13)20(22)23)11-19(2)18(12-21)14-7-9-16(24-3)10-8-14/h4-10,18,21H,11-12H2,1-3H3. The molecular formula is C18H22N2O4. The Morgan fingerprint density at radius 2 is 1.92 bits per heavy atom. The van der Waals surface area contributed by atoms with Gasteiger partial charge < -0.3 is 9.84 Å². The van der Waals surface area contributed by atoms with E-state index in [4.69, 9.17) is 4.74 Å². The van der Waals surface area contributed by atoms with Gasteiger partial charge in [-0.1, -0.05) is 24.3 Å². The summed E-state index contributed by atoms with van der Waals surface area (Å²) in [6, 6.07) is 12.4. The van der Waals surface area contributed by atoms with Gasteiger partial charge in [-0.15, -0.1) is 0 Å². The fraction of sp³-hybridized carbons (Fsp3) is 0.333. The molecule has 0 amide bonds. The molecule has 0 bridgehead atoms. The molecule has 6 heteroatoms. The molecule has 128 valence electrons. The molecular weight excluding hydrogens is 308 g/mol. The zero-order chi connectivity index (χ0) is 17.7. The molecule has 1 unspecified atom stereocenters. The van der Waals surface area contributed by atoms with Gasteiger partial charge in [-0.05, 0) is 37.2 Å². The number of likely N-dealkylation sites (N-methyl/N-ethyl adjacent to an activating group) is 1. The number of aliphatic hydroxyl groups is 1. The van der Waals surface area contributed by atoms with E-state index in [1.165, 1.54) is 6.07 Å². The van der Waals surface area contributed by atoms with Crippen molar-refractivity contribution in [3.63, 3.8) is 0 Å². The van der Waals surface area contributed by atoms with E-state index in [1.807, 2.05) is 42.3 Å². The van der Waals surface area contributed by atoms with Crippen LogP contribution in [0.4, 0.5) is 5.69 Å². The molecule has 0 aromatic heterocycles. The van der Waals surface area contributed by atoms with Crippen molar-refractivity contribution in [2.24, 2.45) is 0 Å². The fourth-order valence-electron chi connectivity index (χ4n) is 2.74. The zero-order valence-corrected chi connectivity index (χ0v) is 14.1. The minimum atomic E-state index is -0.369. The fourth-order valence-corrected chi connectivity index (χ4v) is 2.74. The molecule has 6 nitrogen and oxygen atoms in total. The smallest absolute Gasteiger partial charge is 0.272 e. The van der Waals surface area contributed by atoms with Crippen LogP contribution in [0.5, 0.6) is 5.75 Å². The largest absolute Gasteiger partial charge is 0.497 e. The number of nitro benzene ring substituents is 1. The maximum atomic E-state index is 11.1. The van der Waals surface area contributed by atoms with Gasteiger partial charge >= 0.3 is 0 Å². The van der Waals surface area contributed by atoms with Gasteiger partial charge in [-0.3, -0.25) is 15.0 Å². The molecule has 0 radical (unpaired) electrons. The Hall–Kier alpha value is -2.44. The van der Waals surface area contributed by atoms with E-state index >= 15 is 0 Å². The topological polar surface area (TPSA) is 75.8 Å². The number of hydrogen-bond donors (Lipinski definition) is 1. The van der Waals surface area contributed by atoms with Crippen molar-refractivity contribution >= 4 is 5.69 Å². The lowest BCUT2D eigenvalue weighted by atomic mass is 10.0. The molecule has 2 aromatic carbocycles. The van der Waals surface area contributed by atoms with Gasteiger partial charge in [0.2, 0.25) is 0 Å². The molecule has 0 saturated carbocycles.